The first-order valence-corrected chi connectivity index (χ1v) is 7.84. The summed E-state index contributed by atoms with van der Waals surface area (Å²) in [5, 5.41) is 2.84. The molecule has 0 amide bonds. The highest BCUT2D eigenvalue weighted by Crippen LogP contribution is 2.32. The molecule has 0 aliphatic rings. The van der Waals surface area contributed by atoms with Gasteiger partial charge >= 0.3 is 0 Å². The quantitative estimate of drug-likeness (QED) is 0.508. The van der Waals surface area contributed by atoms with Crippen molar-refractivity contribution in [1.82, 2.24) is 0 Å². The van der Waals surface area contributed by atoms with E-state index in [2.05, 4.69) is 56.3 Å². The van der Waals surface area contributed by atoms with E-state index >= 15 is 0 Å². The van der Waals surface area contributed by atoms with Gasteiger partial charge in [-0.2, -0.15) is 0 Å². The van der Waals surface area contributed by atoms with Crippen molar-refractivity contribution >= 4 is 10.8 Å². The van der Waals surface area contributed by atoms with Crippen LogP contribution in [-0.4, -0.2) is 0 Å². The molecule has 102 valence electrons. The summed E-state index contributed by atoms with van der Waals surface area (Å²) < 4.78 is 0. The molecule has 19 heavy (non-hydrogen) atoms. The Morgan fingerprint density at radius 3 is 2.37 bits per heavy atom. The molecule has 0 nitrogen and oxygen atoms in total. The highest BCUT2D eigenvalue weighted by Gasteiger charge is 2.12. The first-order chi connectivity index (χ1) is 9.36. The minimum Gasteiger partial charge on any atom is -0.0654 e. The van der Waals surface area contributed by atoms with Crippen LogP contribution in [0.25, 0.3) is 10.8 Å². The summed E-state index contributed by atoms with van der Waals surface area (Å²) in [4.78, 5) is 0. The molecule has 0 fully saturated rings. The number of rotatable bonds is 7. The standard InChI is InChI=1S/C19H26/c1-3-5-6-11-16(10-4-2)19-15-9-13-17-12-7-8-14-18(17)19/h7-9,12-16H,3-6,10-11H2,1-2H3. The Bertz CT molecular complexity index is 493. The van der Waals surface area contributed by atoms with Gasteiger partial charge in [0.25, 0.3) is 0 Å². The Balaban J connectivity index is 2.27. The van der Waals surface area contributed by atoms with E-state index in [-0.39, 0.29) is 0 Å². The second-order valence-corrected chi connectivity index (χ2v) is 5.55. The molecular weight excluding hydrogens is 228 g/mol. The Hall–Kier alpha value is -1.30. The normalized spacial score (nSPS) is 12.7. The summed E-state index contributed by atoms with van der Waals surface area (Å²) in [6, 6.07) is 15.6. The van der Waals surface area contributed by atoms with Crippen molar-refractivity contribution in [2.24, 2.45) is 0 Å². The number of hydrogen-bond acceptors (Lipinski definition) is 0. The molecular formula is C19H26. The molecule has 0 heteroatoms. The second-order valence-electron chi connectivity index (χ2n) is 5.55. The van der Waals surface area contributed by atoms with E-state index in [1.807, 2.05) is 0 Å². The third kappa shape index (κ3) is 3.59. The molecule has 2 aromatic carbocycles. The zero-order valence-electron chi connectivity index (χ0n) is 12.4. The summed E-state index contributed by atoms with van der Waals surface area (Å²) in [6.45, 7) is 4.59. The molecule has 0 saturated carbocycles. The zero-order chi connectivity index (χ0) is 13.5. The van der Waals surface area contributed by atoms with E-state index in [0.29, 0.717) is 0 Å². The van der Waals surface area contributed by atoms with Gasteiger partial charge in [-0.05, 0) is 35.1 Å². The van der Waals surface area contributed by atoms with E-state index < -0.39 is 0 Å². The van der Waals surface area contributed by atoms with Crippen LogP contribution in [0.3, 0.4) is 0 Å². The fraction of sp³-hybridized carbons (Fsp3) is 0.474. The Labute approximate surface area is 117 Å². The second kappa shape index (κ2) is 7.33. The van der Waals surface area contributed by atoms with Crippen LogP contribution in [0.1, 0.15) is 63.9 Å². The molecule has 2 rings (SSSR count). The number of benzene rings is 2. The molecule has 0 radical (unpaired) electrons. The SMILES string of the molecule is CCCCCC(CCC)c1cccc2ccccc12. The van der Waals surface area contributed by atoms with Crippen LogP contribution in [0.15, 0.2) is 42.5 Å². The highest BCUT2D eigenvalue weighted by atomic mass is 14.2. The Kier molecular flexibility index (Phi) is 5.44. The summed E-state index contributed by atoms with van der Waals surface area (Å²) >= 11 is 0. The Morgan fingerprint density at radius 2 is 1.58 bits per heavy atom. The fourth-order valence-corrected chi connectivity index (χ4v) is 3.05. The molecule has 0 aliphatic carbocycles. The lowest BCUT2D eigenvalue weighted by Gasteiger charge is -2.18. The molecule has 0 spiro atoms. The van der Waals surface area contributed by atoms with E-state index in [4.69, 9.17) is 0 Å². The summed E-state index contributed by atoms with van der Waals surface area (Å²) in [5.74, 6) is 0.739. The van der Waals surface area contributed by atoms with Gasteiger partial charge in [0.2, 0.25) is 0 Å². The molecule has 0 bridgehead atoms. The van der Waals surface area contributed by atoms with Gasteiger partial charge in [0.05, 0.1) is 0 Å². The maximum atomic E-state index is 2.34. The molecule has 0 N–H and O–H groups in total. The molecule has 1 atom stereocenters. The van der Waals surface area contributed by atoms with Crippen molar-refractivity contribution < 1.29 is 0 Å². The maximum Gasteiger partial charge on any atom is -0.0149 e. The van der Waals surface area contributed by atoms with Crippen molar-refractivity contribution in [3.63, 3.8) is 0 Å². The van der Waals surface area contributed by atoms with Crippen molar-refractivity contribution in [3.05, 3.63) is 48.0 Å². The van der Waals surface area contributed by atoms with E-state index in [9.17, 15) is 0 Å². The van der Waals surface area contributed by atoms with Crippen LogP contribution in [0.2, 0.25) is 0 Å². The molecule has 1 unspecified atom stereocenters. The summed E-state index contributed by atoms with van der Waals surface area (Å²) in [7, 11) is 0. The largest absolute Gasteiger partial charge is 0.0654 e. The molecule has 0 saturated heterocycles. The van der Waals surface area contributed by atoms with Crippen LogP contribution in [0, 0.1) is 0 Å². The van der Waals surface area contributed by atoms with Gasteiger partial charge < -0.3 is 0 Å². The van der Waals surface area contributed by atoms with E-state index in [0.717, 1.165) is 5.92 Å². The van der Waals surface area contributed by atoms with Gasteiger partial charge in [0, 0.05) is 0 Å². The van der Waals surface area contributed by atoms with E-state index in [1.165, 1.54) is 49.3 Å². The summed E-state index contributed by atoms with van der Waals surface area (Å²) in [6.07, 6.45) is 7.98. The van der Waals surface area contributed by atoms with Crippen LogP contribution in [0.5, 0.6) is 0 Å². The van der Waals surface area contributed by atoms with Gasteiger partial charge in [0.15, 0.2) is 0 Å². The lowest BCUT2D eigenvalue weighted by molar-refractivity contribution is 0.531. The number of fused-ring (bicyclic) bond motifs is 1. The first-order valence-electron chi connectivity index (χ1n) is 7.84. The zero-order valence-corrected chi connectivity index (χ0v) is 12.4. The molecule has 0 aliphatic heterocycles. The summed E-state index contributed by atoms with van der Waals surface area (Å²) in [5.41, 5.74) is 1.57. The van der Waals surface area contributed by atoms with Crippen LogP contribution in [0.4, 0.5) is 0 Å². The monoisotopic (exact) mass is 254 g/mol. The number of unbranched alkanes of at least 4 members (excludes halogenated alkanes) is 2. The highest BCUT2D eigenvalue weighted by molar-refractivity contribution is 5.86. The maximum absolute atomic E-state index is 2.34. The fourth-order valence-electron chi connectivity index (χ4n) is 3.05. The Morgan fingerprint density at radius 1 is 0.789 bits per heavy atom. The average Bonchev–Trinajstić information content (AvgIpc) is 2.46. The number of hydrogen-bond donors (Lipinski definition) is 0. The van der Waals surface area contributed by atoms with Crippen molar-refractivity contribution in [2.45, 2.75) is 58.3 Å². The first kappa shape index (κ1) is 14.1. The van der Waals surface area contributed by atoms with Gasteiger partial charge in [-0.25, -0.2) is 0 Å². The van der Waals surface area contributed by atoms with Gasteiger partial charge in [-0.15, -0.1) is 0 Å². The van der Waals surface area contributed by atoms with E-state index in [1.54, 1.807) is 5.56 Å². The predicted octanol–water partition coefficient (Wildman–Crippen LogP) is 6.30. The smallest absolute Gasteiger partial charge is 0.0149 e. The third-order valence-corrected chi connectivity index (χ3v) is 4.06. The van der Waals surface area contributed by atoms with Gasteiger partial charge in [0.1, 0.15) is 0 Å². The van der Waals surface area contributed by atoms with Crippen LogP contribution < -0.4 is 0 Å². The minimum atomic E-state index is 0.739. The van der Waals surface area contributed by atoms with Crippen LogP contribution in [-0.2, 0) is 0 Å². The third-order valence-electron chi connectivity index (χ3n) is 4.06. The molecule has 0 heterocycles. The lowest BCUT2D eigenvalue weighted by Crippen LogP contribution is -2.00. The molecule has 0 aromatic heterocycles. The van der Waals surface area contributed by atoms with Gasteiger partial charge in [-0.3, -0.25) is 0 Å². The van der Waals surface area contributed by atoms with Crippen molar-refractivity contribution in [1.29, 1.82) is 0 Å². The molecule has 2 aromatic rings. The van der Waals surface area contributed by atoms with Gasteiger partial charge in [-0.1, -0.05) is 82.0 Å². The predicted molar refractivity (Wildman–Crippen MR) is 85.7 cm³/mol. The minimum absolute atomic E-state index is 0.739. The average molecular weight is 254 g/mol. The van der Waals surface area contributed by atoms with Crippen LogP contribution >= 0.6 is 0 Å². The van der Waals surface area contributed by atoms with Crippen molar-refractivity contribution in [2.75, 3.05) is 0 Å². The topological polar surface area (TPSA) is 0 Å². The lowest BCUT2D eigenvalue weighted by atomic mass is 9.86. The van der Waals surface area contributed by atoms with Crippen molar-refractivity contribution in [3.8, 4) is 0 Å².